The third-order valence-electron chi connectivity index (χ3n) is 2.94. The molecule has 0 aliphatic heterocycles. The summed E-state index contributed by atoms with van der Waals surface area (Å²) in [7, 11) is 0. The number of nitrogens with one attached hydrogen (secondary N) is 1. The number of benzene rings is 1. The van der Waals surface area contributed by atoms with Crippen LogP contribution < -0.4 is 5.32 Å². The van der Waals surface area contributed by atoms with Crippen molar-refractivity contribution in [2.24, 2.45) is 0 Å². The van der Waals surface area contributed by atoms with Gasteiger partial charge in [0.2, 0.25) is 0 Å². The number of nitrogens with zero attached hydrogens (tertiary/aromatic N) is 1. The molecule has 100 valence electrons. The number of hydrogen-bond acceptors (Lipinski definition) is 2. The van der Waals surface area contributed by atoms with E-state index in [1.165, 1.54) is 12.3 Å². The lowest BCUT2D eigenvalue weighted by molar-refractivity contribution is 0.532. The highest BCUT2D eigenvalue weighted by molar-refractivity contribution is 6.31. The molecule has 1 N–H and O–H groups in total. The van der Waals surface area contributed by atoms with Crippen LogP contribution in [0.3, 0.4) is 0 Å². The monoisotopic (exact) mass is 278 g/mol. The topological polar surface area (TPSA) is 24.9 Å². The van der Waals surface area contributed by atoms with Gasteiger partial charge in [0.15, 0.2) is 0 Å². The standard InChI is InChI=1S/C15H16ClFN2/c1-2-18-15(14-8-7-12(17)10-19-14)9-11-5-3-4-6-13(11)16/h3-8,10,15,18H,2,9H2,1H3. The smallest absolute Gasteiger partial charge is 0.141 e. The second-order valence-corrected chi connectivity index (χ2v) is 4.71. The van der Waals surface area contributed by atoms with Crippen molar-refractivity contribution in [2.75, 3.05) is 6.54 Å². The Morgan fingerprint density at radius 2 is 2.05 bits per heavy atom. The molecule has 1 aromatic carbocycles. The molecule has 1 unspecified atom stereocenters. The molecule has 0 aliphatic carbocycles. The molecular weight excluding hydrogens is 263 g/mol. The number of pyridine rings is 1. The van der Waals surface area contributed by atoms with Crippen LogP contribution >= 0.6 is 11.6 Å². The summed E-state index contributed by atoms with van der Waals surface area (Å²) in [6, 6.07) is 10.9. The Balaban J connectivity index is 2.21. The van der Waals surface area contributed by atoms with E-state index in [0.29, 0.717) is 0 Å². The van der Waals surface area contributed by atoms with E-state index in [0.717, 1.165) is 29.2 Å². The fourth-order valence-electron chi connectivity index (χ4n) is 2.00. The van der Waals surface area contributed by atoms with E-state index in [-0.39, 0.29) is 11.9 Å². The van der Waals surface area contributed by atoms with Gasteiger partial charge in [0.25, 0.3) is 0 Å². The Kier molecular flexibility index (Phi) is 4.88. The van der Waals surface area contributed by atoms with Crippen LogP contribution in [0.4, 0.5) is 4.39 Å². The van der Waals surface area contributed by atoms with Gasteiger partial charge in [0.05, 0.1) is 17.9 Å². The van der Waals surface area contributed by atoms with Crippen LogP contribution in [0, 0.1) is 5.82 Å². The molecule has 0 radical (unpaired) electrons. The molecule has 2 aromatic rings. The molecule has 0 bridgehead atoms. The molecule has 4 heteroatoms. The van der Waals surface area contributed by atoms with Gasteiger partial charge in [0.1, 0.15) is 5.82 Å². The van der Waals surface area contributed by atoms with Crippen molar-refractivity contribution >= 4 is 11.6 Å². The fourth-order valence-corrected chi connectivity index (χ4v) is 2.22. The zero-order valence-corrected chi connectivity index (χ0v) is 11.5. The van der Waals surface area contributed by atoms with Crippen LogP contribution in [-0.4, -0.2) is 11.5 Å². The van der Waals surface area contributed by atoms with Gasteiger partial charge < -0.3 is 5.32 Å². The molecule has 0 amide bonds. The molecule has 0 spiro atoms. The van der Waals surface area contributed by atoms with Crippen molar-refractivity contribution in [1.82, 2.24) is 10.3 Å². The van der Waals surface area contributed by atoms with Gasteiger partial charge in [-0.3, -0.25) is 4.98 Å². The van der Waals surface area contributed by atoms with Gasteiger partial charge >= 0.3 is 0 Å². The highest BCUT2D eigenvalue weighted by atomic mass is 35.5. The first-order valence-electron chi connectivity index (χ1n) is 6.29. The quantitative estimate of drug-likeness (QED) is 0.901. The Labute approximate surface area is 117 Å². The summed E-state index contributed by atoms with van der Waals surface area (Å²) in [4.78, 5) is 4.14. The number of hydrogen-bond donors (Lipinski definition) is 1. The summed E-state index contributed by atoms with van der Waals surface area (Å²) in [6.07, 6.45) is 1.97. The maximum atomic E-state index is 12.9. The van der Waals surface area contributed by atoms with Crippen molar-refractivity contribution in [1.29, 1.82) is 0 Å². The van der Waals surface area contributed by atoms with Crippen molar-refractivity contribution in [3.8, 4) is 0 Å². The molecule has 0 aliphatic rings. The Morgan fingerprint density at radius 1 is 1.26 bits per heavy atom. The lowest BCUT2D eigenvalue weighted by atomic mass is 10.0. The number of likely N-dealkylation sites (N-methyl/N-ethyl adjacent to an activating group) is 1. The molecule has 1 atom stereocenters. The minimum absolute atomic E-state index is 0.0329. The van der Waals surface area contributed by atoms with Crippen LogP contribution in [0.5, 0.6) is 0 Å². The normalized spacial score (nSPS) is 12.4. The van der Waals surface area contributed by atoms with E-state index in [1.807, 2.05) is 31.2 Å². The van der Waals surface area contributed by atoms with Gasteiger partial charge in [-0.1, -0.05) is 36.7 Å². The fraction of sp³-hybridized carbons (Fsp3) is 0.267. The van der Waals surface area contributed by atoms with E-state index in [9.17, 15) is 4.39 Å². The van der Waals surface area contributed by atoms with Crippen LogP contribution in [0.15, 0.2) is 42.6 Å². The van der Waals surface area contributed by atoms with E-state index in [4.69, 9.17) is 11.6 Å². The maximum absolute atomic E-state index is 12.9. The van der Waals surface area contributed by atoms with E-state index in [2.05, 4.69) is 10.3 Å². The Morgan fingerprint density at radius 3 is 2.68 bits per heavy atom. The van der Waals surface area contributed by atoms with Crippen LogP contribution in [0.1, 0.15) is 24.2 Å². The zero-order valence-electron chi connectivity index (χ0n) is 10.7. The van der Waals surface area contributed by atoms with Crippen molar-refractivity contribution in [2.45, 2.75) is 19.4 Å². The molecule has 19 heavy (non-hydrogen) atoms. The van der Waals surface area contributed by atoms with Crippen molar-refractivity contribution in [3.63, 3.8) is 0 Å². The lowest BCUT2D eigenvalue weighted by Gasteiger charge is -2.18. The summed E-state index contributed by atoms with van der Waals surface area (Å²) in [5.41, 5.74) is 1.88. The predicted octanol–water partition coefficient (Wildman–Crippen LogP) is 3.77. The number of rotatable bonds is 5. The largest absolute Gasteiger partial charge is 0.309 e. The van der Waals surface area contributed by atoms with Crippen molar-refractivity contribution in [3.05, 3.63) is 64.7 Å². The second-order valence-electron chi connectivity index (χ2n) is 4.31. The second kappa shape index (κ2) is 6.64. The maximum Gasteiger partial charge on any atom is 0.141 e. The third-order valence-corrected chi connectivity index (χ3v) is 3.31. The van der Waals surface area contributed by atoms with E-state index < -0.39 is 0 Å². The summed E-state index contributed by atoms with van der Waals surface area (Å²) in [5.74, 6) is -0.322. The molecule has 1 heterocycles. The van der Waals surface area contributed by atoms with Gasteiger partial charge in [-0.25, -0.2) is 4.39 Å². The summed E-state index contributed by atoms with van der Waals surface area (Å²) in [5, 5.41) is 4.09. The number of aromatic nitrogens is 1. The first kappa shape index (κ1) is 14.0. The molecule has 1 aromatic heterocycles. The average Bonchev–Trinajstić information content (AvgIpc) is 2.42. The van der Waals surface area contributed by atoms with Crippen LogP contribution in [0.25, 0.3) is 0 Å². The minimum Gasteiger partial charge on any atom is -0.309 e. The van der Waals surface area contributed by atoms with E-state index in [1.54, 1.807) is 6.07 Å². The Hall–Kier alpha value is -1.45. The first-order valence-corrected chi connectivity index (χ1v) is 6.66. The molecule has 0 fully saturated rings. The molecular formula is C15H16ClFN2. The minimum atomic E-state index is -0.322. The van der Waals surface area contributed by atoms with Gasteiger partial charge in [-0.05, 0) is 36.7 Å². The SMILES string of the molecule is CCNC(Cc1ccccc1Cl)c1ccc(F)cn1. The Bertz CT molecular complexity index is 528. The van der Waals surface area contributed by atoms with Crippen LogP contribution in [-0.2, 0) is 6.42 Å². The van der Waals surface area contributed by atoms with Gasteiger partial charge in [-0.2, -0.15) is 0 Å². The first-order chi connectivity index (χ1) is 9.20. The average molecular weight is 279 g/mol. The summed E-state index contributed by atoms with van der Waals surface area (Å²) < 4.78 is 12.9. The van der Waals surface area contributed by atoms with Crippen LogP contribution in [0.2, 0.25) is 5.02 Å². The highest BCUT2D eigenvalue weighted by Crippen LogP contribution is 2.22. The molecule has 2 rings (SSSR count). The number of halogens is 2. The van der Waals surface area contributed by atoms with E-state index >= 15 is 0 Å². The molecule has 0 saturated heterocycles. The third kappa shape index (κ3) is 3.75. The van der Waals surface area contributed by atoms with Gasteiger partial charge in [0, 0.05) is 5.02 Å². The summed E-state index contributed by atoms with van der Waals surface area (Å²) >= 11 is 6.17. The summed E-state index contributed by atoms with van der Waals surface area (Å²) in [6.45, 7) is 2.84. The lowest BCUT2D eigenvalue weighted by Crippen LogP contribution is -2.24. The zero-order chi connectivity index (χ0) is 13.7. The van der Waals surface area contributed by atoms with Crippen molar-refractivity contribution < 1.29 is 4.39 Å². The molecule has 0 saturated carbocycles. The predicted molar refractivity (Wildman–Crippen MR) is 75.8 cm³/mol. The van der Waals surface area contributed by atoms with Gasteiger partial charge in [-0.15, -0.1) is 0 Å². The molecule has 2 nitrogen and oxygen atoms in total. The highest BCUT2D eigenvalue weighted by Gasteiger charge is 2.14.